The van der Waals surface area contributed by atoms with Gasteiger partial charge in [-0.05, 0) is 90.4 Å². The van der Waals surface area contributed by atoms with Crippen LogP contribution in [0.4, 0.5) is 5.82 Å². The van der Waals surface area contributed by atoms with Gasteiger partial charge >= 0.3 is 11.9 Å². The molecule has 8 atom stereocenters. The van der Waals surface area contributed by atoms with Gasteiger partial charge in [-0.3, -0.25) is 23.7 Å². The lowest BCUT2D eigenvalue weighted by Gasteiger charge is -2.28. The van der Waals surface area contributed by atoms with E-state index >= 15 is 0 Å². The van der Waals surface area contributed by atoms with Gasteiger partial charge in [0.15, 0.2) is 17.7 Å². The van der Waals surface area contributed by atoms with Crippen LogP contribution < -0.4 is 38.9 Å². The molecule has 2 aromatic heterocycles. The van der Waals surface area contributed by atoms with Crippen LogP contribution in [-0.2, 0) is 28.7 Å². The topological polar surface area (TPSA) is 366 Å². The number of amides is 3. The number of carboxylic acid groups (broad SMARTS) is 2. The summed E-state index contributed by atoms with van der Waals surface area (Å²) >= 11 is 0. The van der Waals surface area contributed by atoms with Crippen LogP contribution in [0.3, 0.4) is 0 Å². The molecule has 0 spiro atoms. The Bertz CT molecular complexity index is 1700. The first-order chi connectivity index (χ1) is 28.3. The van der Waals surface area contributed by atoms with Gasteiger partial charge in [0, 0.05) is 19.6 Å². The first-order valence-electron chi connectivity index (χ1n) is 20.2. The normalized spacial score (nSPS) is 22.1. The van der Waals surface area contributed by atoms with Gasteiger partial charge in [0.2, 0.25) is 17.7 Å². The number of imidazole rings is 1. The Balaban J connectivity index is 1.30. The Morgan fingerprint density at radius 1 is 0.898 bits per heavy atom. The van der Waals surface area contributed by atoms with Crippen molar-refractivity contribution < 1.29 is 49.1 Å². The van der Waals surface area contributed by atoms with Crippen LogP contribution in [0.5, 0.6) is 0 Å². The van der Waals surface area contributed by atoms with Crippen LogP contribution in [0, 0.1) is 0 Å². The van der Waals surface area contributed by atoms with Crippen molar-refractivity contribution in [3.8, 4) is 0 Å². The summed E-state index contributed by atoms with van der Waals surface area (Å²) in [6.45, 7) is 2.13. The number of aliphatic carboxylic acids is 2. The number of aliphatic hydroxyl groups is 2. The second-order valence-corrected chi connectivity index (χ2v) is 15.0. The minimum absolute atomic E-state index is 0.0809. The molecule has 59 heavy (non-hydrogen) atoms. The number of hydrogen-bond acceptors (Lipinski definition) is 17. The highest BCUT2D eigenvalue weighted by atomic mass is 16.6. The third-order valence-electron chi connectivity index (χ3n) is 10.6. The number of nitrogens with one attached hydrogen (secondary N) is 3. The highest BCUT2D eigenvalue weighted by molar-refractivity contribution is 5.94. The number of likely N-dealkylation sites (tertiary alicyclic amines) is 1. The third kappa shape index (κ3) is 13.2. The lowest BCUT2D eigenvalue weighted by Crippen LogP contribution is -2.55. The van der Waals surface area contributed by atoms with E-state index in [4.69, 9.17) is 27.7 Å². The fraction of sp³-hybridized carbons (Fsp3) is 0.722. The number of rotatable bonds is 26. The summed E-state index contributed by atoms with van der Waals surface area (Å²) in [6, 6.07) is -4.09. The van der Waals surface area contributed by atoms with E-state index in [9.17, 15) is 44.4 Å². The molecule has 0 bridgehead atoms. The largest absolute Gasteiger partial charge is 0.480 e. The van der Waals surface area contributed by atoms with Crippen molar-refractivity contribution in [2.75, 3.05) is 58.1 Å². The molecule has 2 aliphatic heterocycles. The van der Waals surface area contributed by atoms with Crippen LogP contribution in [0.2, 0.25) is 0 Å². The fourth-order valence-electron chi connectivity index (χ4n) is 7.27. The van der Waals surface area contributed by atoms with Crippen LogP contribution in [-0.4, -0.2) is 174 Å². The Labute approximate surface area is 341 Å². The van der Waals surface area contributed by atoms with E-state index in [0.717, 1.165) is 0 Å². The first-order valence-corrected chi connectivity index (χ1v) is 20.2. The molecule has 4 heterocycles. The van der Waals surface area contributed by atoms with Crippen molar-refractivity contribution in [1.29, 1.82) is 0 Å². The van der Waals surface area contributed by atoms with E-state index in [0.29, 0.717) is 88.8 Å². The number of aromatic nitrogens is 4. The zero-order valence-electron chi connectivity index (χ0n) is 33.2. The number of nitrogens with zero attached hydrogens (tertiary/aromatic N) is 6. The predicted molar refractivity (Wildman–Crippen MR) is 212 cm³/mol. The fourth-order valence-corrected chi connectivity index (χ4v) is 7.27. The van der Waals surface area contributed by atoms with E-state index in [-0.39, 0.29) is 50.6 Å². The number of carbonyl (C=O) groups is 5. The Hall–Kier alpha value is -4.62. The summed E-state index contributed by atoms with van der Waals surface area (Å²) in [5, 5.41) is 49.3. The molecule has 2 aliphatic rings. The second kappa shape index (κ2) is 23.2. The van der Waals surface area contributed by atoms with Gasteiger partial charge in [0.05, 0.1) is 12.9 Å². The van der Waals surface area contributed by atoms with Gasteiger partial charge in [-0.2, -0.15) is 0 Å². The minimum atomic E-state index is -1.35. The molecule has 15 N–H and O–H groups in total. The zero-order chi connectivity index (χ0) is 43.1. The molecule has 2 saturated heterocycles. The zero-order valence-corrected chi connectivity index (χ0v) is 33.2. The summed E-state index contributed by atoms with van der Waals surface area (Å²) in [5.74, 6) is -3.64. The highest BCUT2D eigenvalue weighted by Gasteiger charge is 2.45. The standard InChI is InChI=1S/C36H61N13O10/c37-11-3-1-7-22(32(53)46-23(36(57)58)8-2-4-12-38)45-33(54)24-9-5-15-48(24)26(50)17-41-13-6-14-47(16-10-21(39)35(55)56)18-25-28(51)29(52)34(59-25)49-20-44-27-30(40)42-19-43-31(27)49/h19-25,28-29,34,41,51-52H,1-18,37-39H2,(H,45,54)(H,46,53)(H,55,56)(H,57,58)(H2,40,42,43)/t21-,22-,23-,24-,25+,28+,29+,34+/m0/s1. The molecule has 0 aromatic carbocycles. The molecular weight excluding hydrogens is 774 g/mol. The van der Waals surface area contributed by atoms with Crippen LogP contribution >= 0.6 is 0 Å². The number of carboxylic acids is 2. The number of nitrogen functional groups attached to an aromatic ring is 1. The van der Waals surface area contributed by atoms with E-state index in [1.165, 1.54) is 22.1 Å². The lowest BCUT2D eigenvalue weighted by molar-refractivity contribution is -0.143. The predicted octanol–water partition coefficient (Wildman–Crippen LogP) is -3.59. The molecule has 0 unspecified atom stereocenters. The average Bonchev–Trinajstić information content (AvgIpc) is 3.94. The lowest BCUT2D eigenvalue weighted by atomic mass is 10.1. The molecule has 0 saturated carbocycles. The maximum absolute atomic E-state index is 13.5. The smallest absolute Gasteiger partial charge is 0.326 e. The number of fused-ring (bicyclic) bond motifs is 1. The highest BCUT2D eigenvalue weighted by Crippen LogP contribution is 2.32. The van der Waals surface area contributed by atoms with Crippen LogP contribution in [0.1, 0.15) is 70.4 Å². The van der Waals surface area contributed by atoms with E-state index in [2.05, 4.69) is 30.9 Å². The van der Waals surface area contributed by atoms with Gasteiger partial charge in [-0.25, -0.2) is 19.7 Å². The summed E-state index contributed by atoms with van der Waals surface area (Å²) < 4.78 is 7.56. The first kappa shape index (κ1) is 47.1. The Morgan fingerprint density at radius 2 is 1.61 bits per heavy atom. The van der Waals surface area contributed by atoms with Crippen LogP contribution in [0.25, 0.3) is 11.2 Å². The molecule has 2 aromatic rings. The third-order valence-corrected chi connectivity index (χ3v) is 10.6. The molecule has 23 heteroatoms. The van der Waals surface area contributed by atoms with Gasteiger partial charge < -0.3 is 73.8 Å². The van der Waals surface area contributed by atoms with Gasteiger partial charge in [-0.15, -0.1) is 0 Å². The minimum Gasteiger partial charge on any atom is -0.480 e. The van der Waals surface area contributed by atoms with Gasteiger partial charge in [0.1, 0.15) is 54.3 Å². The molecule has 0 radical (unpaired) electrons. The van der Waals surface area contributed by atoms with Crippen molar-refractivity contribution in [3.05, 3.63) is 12.7 Å². The number of aliphatic hydroxyl groups excluding tert-OH is 2. The average molecular weight is 836 g/mol. The van der Waals surface area contributed by atoms with Crippen molar-refractivity contribution >= 4 is 46.6 Å². The van der Waals surface area contributed by atoms with E-state index in [1.54, 1.807) is 0 Å². The number of hydrogen-bond donors (Lipinski definition) is 11. The summed E-state index contributed by atoms with van der Waals surface area (Å²) in [4.78, 5) is 79.0. The molecule has 0 aliphatic carbocycles. The van der Waals surface area contributed by atoms with Crippen molar-refractivity contribution in [2.24, 2.45) is 17.2 Å². The number of carbonyl (C=O) groups excluding carboxylic acids is 3. The van der Waals surface area contributed by atoms with E-state index < -0.39 is 72.5 Å². The Morgan fingerprint density at radius 3 is 2.29 bits per heavy atom. The summed E-state index contributed by atoms with van der Waals surface area (Å²) in [6.07, 6.45) is 2.28. The molecule has 23 nitrogen and oxygen atoms in total. The number of unbranched alkanes of at least 4 members (excludes halogenated alkanes) is 2. The molecule has 4 rings (SSSR count). The quantitative estimate of drug-likeness (QED) is 0.0408. The monoisotopic (exact) mass is 835 g/mol. The van der Waals surface area contributed by atoms with Crippen LogP contribution in [0.15, 0.2) is 12.7 Å². The van der Waals surface area contributed by atoms with Crippen molar-refractivity contribution in [2.45, 2.75) is 113 Å². The maximum atomic E-state index is 13.5. The molecular formula is C36H61N13O10. The van der Waals surface area contributed by atoms with E-state index in [1.807, 2.05) is 4.90 Å². The van der Waals surface area contributed by atoms with Gasteiger partial charge in [-0.1, -0.05) is 0 Å². The van der Waals surface area contributed by atoms with Crippen molar-refractivity contribution in [3.63, 3.8) is 0 Å². The molecule has 330 valence electrons. The second-order valence-electron chi connectivity index (χ2n) is 15.0. The SMILES string of the molecule is NCCCC[C@H](NC(=O)[C@H](CCCCN)NC(=O)[C@@H]1CCCN1C(=O)CNCCCN(CC[C@H](N)C(=O)O)C[C@H]1O[C@@H](n2cnc3c(N)ncnc32)[C@H](O)[C@@H]1O)C(=O)O. The van der Waals surface area contributed by atoms with Gasteiger partial charge in [0.25, 0.3) is 0 Å². The number of ether oxygens (including phenoxy) is 1. The molecule has 2 fully saturated rings. The maximum Gasteiger partial charge on any atom is 0.326 e. The molecule has 3 amide bonds. The Kier molecular flexibility index (Phi) is 18.5. The summed E-state index contributed by atoms with van der Waals surface area (Å²) in [5.41, 5.74) is 23.5. The number of nitrogens with two attached hydrogens (primary N) is 4. The summed E-state index contributed by atoms with van der Waals surface area (Å²) in [7, 11) is 0. The number of anilines is 1. The van der Waals surface area contributed by atoms with Crippen molar-refractivity contribution in [1.82, 2.24) is 45.3 Å².